The smallest absolute Gasteiger partial charge is 0.251 e. The monoisotopic (exact) mass is 394 g/mol. The van der Waals surface area contributed by atoms with Gasteiger partial charge in [-0.05, 0) is 73.5 Å². The van der Waals surface area contributed by atoms with Crippen LogP contribution >= 0.6 is 0 Å². The van der Waals surface area contributed by atoms with Crippen molar-refractivity contribution in [1.29, 1.82) is 0 Å². The van der Waals surface area contributed by atoms with Gasteiger partial charge in [0, 0.05) is 18.7 Å². The maximum Gasteiger partial charge on any atom is 0.251 e. The van der Waals surface area contributed by atoms with Gasteiger partial charge in [0.2, 0.25) is 0 Å². The number of hydrogen-bond acceptors (Lipinski definition) is 3. The largest absolute Gasteiger partial charge is 0.496 e. The van der Waals surface area contributed by atoms with E-state index in [0.717, 1.165) is 35.8 Å². The molecule has 0 spiro atoms. The Morgan fingerprint density at radius 3 is 2.62 bits per heavy atom. The molecule has 2 atom stereocenters. The lowest BCUT2D eigenvalue weighted by Crippen LogP contribution is -2.33. The van der Waals surface area contributed by atoms with Crippen LogP contribution in [0.3, 0.4) is 0 Å². The number of piperidine rings is 1. The number of nitrogens with one attached hydrogen (secondary N) is 1. The highest BCUT2D eigenvalue weighted by molar-refractivity contribution is 5.94. The first-order chi connectivity index (χ1) is 14.0. The summed E-state index contributed by atoms with van der Waals surface area (Å²) in [5.74, 6) is 1.62. The van der Waals surface area contributed by atoms with Crippen molar-refractivity contribution in [3.63, 3.8) is 0 Å². The number of methoxy groups -OCH3 is 1. The van der Waals surface area contributed by atoms with E-state index in [1.165, 1.54) is 31.5 Å². The van der Waals surface area contributed by atoms with Crippen LogP contribution in [0.2, 0.25) is 0 Å². The minimum Gasteiger partial charge on any atom is -0.496 e. The summed E-state index contributed by atoms with van der Waals surface area (Å²) in [6.45, 7) is 9.75. The van der Waals surface area contributed by atoms with Gasteiger partial charge < -0.3 is 10.1 Å². The first kappa shape index (κ1) is 21.4. The second-order valence-corrected chi connectivity index (χ2v) is 8.34. The SMILES string of the molecule is CC[C@@H](NC(=O)c1ccc(CN2CCC[C@@H](C)C2)cc1)c1ccc(OC)c(C)c1. The third-order valence-electron chi connectivity index (χ3n) is 5.90. The average molecular weight is 395 g/mol. The van der Waals surface area contributed by atoms with Crippen LogP contribution in [0.5, 0.6) is 5.75 Å². The normalized spacial score (nSPS) is 18.3. The number of carbonyl (C=O) groups is 1. The lowest BCUT2D eigenvalue weighted by atomic mass is 9.99. The second kappa shape index (κ2) is 9.93. The Hall–Kier alpha value is -2.33. The van der Waals surface area contributed by atoms with Gasteiger partial charge in [-0.25, -0.2) is 0 Å². The molecular weight excluding hydrogens is 360 g/mol. The number of aryl methyl sites for hydroxylation is 1. The average Bonchev–Trinajstić information content (AvgIpc) is 2.72. The molecule has 4 nitrogen and oxygen atoms in total. The molecule has 1 amide bonds. The van der Waals surface area contributed by atoms with E-state index in [9.17, 15) is 4.79 Å². The Kier molecular flexibility index (Phi) is 7.32. The van der Waals surface area contributed by atoms with Crippen LogP contribution < -0.4 is 10.1 Å². The maximum atomic E-state index is 12.8. The molecule has 29 heavy (non-hydrogen) atoms. The highest BCUT2D eigenvalue weighted by Crippen LogP contribution is 2.24. The second-order valence-electron chi connectivity index (χ2n) is 8.34. The van der Waals surface area contributed by atoms with E-state index in [1.54, 1.807) is 7.11 Å². The van der Waals surface area contributed by atoms with E-state index in [4.69, 9.17) is 4.74 Å². The zero-order valence-corrected chi connectivity index (χ0v) is 18.2. The third kappa shape index (κ3) is 5.60. The van der Waals surface area contributed by atoms with Crippen LogP contribution in [0, 0.1) is 12.8 Å². The molecule has 1 fully saturated rings. The van der Waals surface area contributed by atoms with E-state index in [2.05, 4.69) is 42.3 Å². The van der Waals surface area contributed by atoms with Gasteiger partial charge in [0.1, 0.15) is 5.75 Å². The summed E-state index contributed by atoms with van der Waals surface area (Å²) >= 11 is 0. The minimum absolute atomic E-state index is 0.0124. The van der Waals surface area contributed by atoms with Crippen molar-refractivity contribution in [1.82, 2.24) is 10.2 Å². The molecule has 156 valence electrons. The molecular formula is C25H34N2O2. The lowest BCUT2D eigenvalue weighted by Gasteiger charge is -2.30. The van der Waals surface area contributed by atoms with Gasteiger partial charge >= 0.3 is 0 Å². The summed E-state index contributed by atoms with van der Waals surface area (Å²) in [5, 5.41) is 3.18. The number of nitrogens with zero attached hydrogens (tertiary/aromatic N) is 1. The molecule has 1 aliphatic rings. The van der Waals surface area contributed by atoms with Crippen molar-refractivity contribution in [3.8, 4) is 5.75 Å². The summed E-state index contributed by atoms with van der Waals surface area (Å²) in [6.07, 6.45) is 3.45. The zero-order chi connectivity index (χ0) is 20.8. The molecule has 4 heteroatoms. The molecule has 0 saturated carbocycles. The molecule has 3 rings (SSSR count). The van der Waals surface area contributed by atoms with Crippen molar-refractivity contribution in [3.05, 3.63) is 64.7 Å². The number of carbonyl (C=O) groups excluding carboxylic acids is 1. The Balaban J connectivity index is 1.62. The highest BCUT2D eigenvalue weighted by atomic mass is 16.5. The van der Waals surface area contributed by atoms with E-state index < -0.39 is 0 Å². The number of rotatable bonds is 7. The Labute approximate surface area is 175 Å². The zero-order valence-electron chi connectivity index (χ0n) is 18.2. The fraction of sp³-hybridized carbons (Fsp3) is 0.480. The molecule has 2 aromatic rings. The van der Waals surface area contributed by atoms with Crippen LogP contribution in [-0.2, 0) is 6.54 Å². The number of hydrogen-bond donors (Lipinski definition) is 1. The first-order valence-corrected chi connectivity index (χ1v) is 10.8. The van der Waals surface area contributed by atoms with Gasteiger partial charge in [0.15, 0.2) is 0 Å². The Bertz CT molecular complexity index is 816. The quantitative estimate of drug-likeness (QED) is 0.709. The first-order valence-electron chi connectivity index (χ1n) is 10.8. The topological polar surface area (TPSA) is 41.6 Å². The van der Waals surface area contributed by atoms with Crippen molar-refractivity contribution in [2.75, 3.05) is 20.2 Å². The lowest BCUT2D eigenvalue weighted by molar-refractivity contribution is 0.0935. The van der Waals surface area contributed by atoms with E-state index in [-0.39, 0.29) is 11.9 Å². The van der Waals surface area contributed by atoms with Crippen LogP contribution in [0.15, 0.2) is 42.5 Å². The summed E-state index contributed by atoms with van der Waals surface area (Å²) in [5.41, 5.74) is 4.17. The molecule has 1 aliphatic heterocycles. The van der Waals surface area contributed by atoms with Gasteiger partial charge in [0.05, 0.1) is 13.2 Å². The Morgan fingerprint density at radius 2 is 2.00 bits per heavy atom. The van der Waals surface area contributed by atoms with Crippen LogP contribution in [0.1, 0.15) is 66.2 Å². The molecule has 1 saturated heterocycles. The van der Waals surface area contributed by atoms with E-state index in [0.29, 0.717) is 5.56 Å². The number of ether oxygens (including phenoxy) is 1. The molecule has 0 aromatic heterocycles. The van der Waals surface area contributed by atoms with Crippen LogP contribution in [-0.4, -0.2) is 31.0 Å². The summed E-state index contributed by atoms with van der Waals surface area (Å²) in [4.78, 5) is 15.3. The molecule has 0 radical (unpaired) electrons. The fourth-order valence-corrected chi connectivity index (χ4v) is 4.23. The Morgan fingerprint density at radius 1 is 1.24 bits per heavy atom. The molecule has 2 aromatic carbocycles. The number of amides is 1. The third-order valence-corrected chi connectivity index (χ3v) is 5.90. The van der Waals surface area contributed by atoms with Crippen LogP contribution in [0.4, 0.5) is 0 Å². The van der Waals surface area contributed by atoms with Crippen LogP contribution in [0.25, 0.3) is 0 Å². The summed E-state index contributed by atoms with van der Waals surface area (Å²) in [7, 11) is 1.68. The van der Waals surface area contributed by atoms with E-state index >= 15 is 0 Å². The van der Waals surface area contributed by atoms with Crippen molar-refractivity contribution in [2.24, 2.45) is 5.92 Å². The van der Waals surface area contributed by atoms with Gasteiger partial charge in [-0.1, -0.05) is 38.1 Å². The van der Waals surface area contributed by atoms with Gasteiger partial charge in [-0.3, -0.25) is 9.69 Å². The molecule has 0 bridgehead atoms. The summed E-state index contributed by atoms with van der Waals surface area (Å²) < 4.78 is 5.34. The molecule has 0 unspecified atom stereocenters. The predicted octanol–water partition coefficient (Wildman–Crippen LogP) is 5.12. The van der Waals surface area contributed by atoms with Crippen molar-refractivity contribution < 1.29 is 9.53 Å². The van der Waals surface area contributed by atoms with E-state index in [1.807, 2.05) is 31.2 Å². The van der Waals surface area contributed by atoms with Crippen molar-refractivity contribution >= 4 is 5.91 Å². The van der Waals surface area contributed by atoms with Gasteiger partial charge in [-0.2, -0.15) is 0 Å². The minimum atomic E-state index is -0.0246. The fourth-order valence-electron chi connectivity index (χ4n) is 4.23. The summed E-state index contributed by atoms with van der Waals surface area (Å²) in [6, 6.07) is 14.2. The maximum absolute atomic E-state index is 12.8. The molecule has 1 heterocycles. The predicted molar refractivity (Wildman–Crippen MR) is 118 cm³/mol. The standard InChI is InChI=1S/C25H34N2O2/c1-5-23(22-12-13-24(29-4)19(3)15-22)26-25(28)21-10-8-20(9-11-21)17-27-14-6-7-18(2)16-27/h8-13,15,18,23H,5-7,14,16-17H2,1-4H3,(H,26,28)/t18-,23-/m1/s1. The van der Waals surface area contributed by atoms with Gasteiger partial charge in [-0.15, -0.1) is 0 Å². The molecule has 1 N–H and O–H groups in total. The highest BCUT2D eigenvalue weighted by Gasteiger charge is 2.17. The molecule has 0 aliphatic carbocycles. The number of benzene rings is 2. The van der Waals surface area contributed by atoms with Crippen molar-refractivity contribution in [2.45, 2.75) is 52.6 Å². The van der Waals surface area contributed by atoms with Gasteiger partial charge in [0.25, 0.3) is 5.91 Å². The number of likely N-dealkylation sites (tertiary alicyclic amines) is 1.